The van der Waals surface area contributed by atoms with Crippen LogP contribution in [0.4, 0.5) is 5.69 Å². The monoisotopic (exact) mass is 312 g/mol. The molecule has 0 spiro atoms. The first-order chi connectivity index (χ1) is 9.49. The van der Waals surface area contributed by atoms with Crippen molar-refractivity contribution in [3.05, 3.63) is 47.7 Å². The second-order valence-corrected chi connectivity index (χ2v) is 5.74. The topological polar surface area (TPSA) is 58.9 Å². The van der Waals surface area contributed by atoms with E-state index in [9.17, 15) is 10.4 Å². The summed E-state index contributed by atoms with van der Waals surface area (Å²) in [5.74, 6) is 0.290. The Morgan fingerprint density at radius 3 is 2.57 bits per heavy atom. The number of hydrogen-bond acceptors (Lipinski definition) is 4. The van der Waals surface area contributed by atoms with E-state index in [1.165, 1.54) is 0 Å². The van der Waals surface area contributed by atoms with Gasteiger partial charge in [0.15, 0.2) is 0 Å². The number of benzene rings is 1. The first kappa shape index (κ1) is 18.9. The number of oxime groups is 1. The number of hydrogen-bond donors (Lipinski definition) is 1. The maximum atomic E-state index is 12.7. The van der Waals surface area contributed by atoms with E-state index in [2.05, 4.69) is 11.7 Å². The molecule has 1 aliphatic rings. The molecule has 1 fully saturated rings. The Morgan fingerprint density at radius 1 is 1.43 bits per heavy atom. The Labute approximate surface area is 168 Å². The summed E-state index contributed by atoms with van der Waals surface area (Å²) in [6.45, 7) is 7.79. The quantitative estimate of drug-likeness (QED) is 0.391. The third kappa shape index (κ3) is 3.97. The molecule has 0 unspecified atom stereocenters. The van der Waals surface area contributed by atoms with Gasteiger partial charge in [-0.15, -0.1) is 0 Å². The molecule has 4 nitrogen and oxygen atoms in total. The molecule has 1 aliphatic carbocycles. The molecule has 1 aromatic carbocycles. The molecule has 2 atom stereocenters. The number of hydroxylamine groups is 1. The molecular weight excluding hydrogens is 291 g/mol. The molecule has 108 valence electrons. The number of nitrogens with zero attached hydrogens (tertiary/aromatic N) is 2. The number of para-hydroxylation sites is 1. The molecule has 0 aliphatic heterocycles. The fourth-order valence-corrected chi connectivity index (χ4v) is 2.79. The minimum absolute atomic E-state index is 0. The summed E-state index contributed by atoms with van der Waals surface area (Å²) >= 11 is 0. The summed E-state index contributed by atoms with van der Waals surface area (Å²) in [5.41, 5.74) is 1.41. The van der Waals surface area contributed by atoms with E-state index in [0.29, 0.717) is 24.2 Å². The van der Waals surface area contributed by atoms with Crippen LogP contribution in [0.3, 0.4) is 0 Å². The molecular formula is C16H21KN2O2. The Bertz CT molecular complexity index is 518. The smallest absolute Gasteiger partial charge is 0.758 e. The predicted molar refractivity (Wildman–Crippen MR) is 82.1 cm³/mol. The molecule has 0 heterocycles. The zero-order valence-corrected chi connectivity index (χ0v) is 16.2. The van der Waals surface area contributed by atoms with Crippen LogP contribution < -0.4 is 56.4 Å². The van der Waals surface area contributed by atoms with Crippen LogP contribution in [-0.4, -0.2) is 16.5 Å². The molecule has 0 radical (unpaired) electrons. The Balaban J connectivity index is 0.00000220. The van der Waals surface area contributed by atoms with Crippen LogP contribution in [0.15, 0.2) is 47.6 Å². The van der Waals surface area contributed by atoms with Crippen LogP contribution in [0.1, 0.15) is 33.1 Å². The van der Waals surface area contributed by atoms with Gasteiger partial charge in [-0.05, 0) is 51.2 Å². The van der Waals surface area contributed by atoms with Crippen molar-refractivity contribution in [3.63, 3.8) is 0 Å². The second kappa shape index (κ2) is 7.90. The fraction of sp³-hybridized carbons (Fsp3) is 0.438. The first-order valence-corrected chi connectivity index (χ1v) is 6.88. The summed E-state index contributed by atoms with van der Waals surface area (Å²) in [4.78, 5) is 0. The summed E-state index contributed by atoms with van der Waals surface area (Å²) in [6, 6.07) is 9.09. The van der Waals surface area contributed by atoms with Crippen LogP contribution in [-0.2, 0) is 0 Å². The van der Waals surface area contributed by atoms with Gasteiger partial charge in [-0.1, -0.05) is 35.5 Å². The zero-order chi connectivity index (χ0) is 14.8. The van der Waals surface area contributed by atoms with Crippen molar-refractivity contribution in [1.29, 1.82) is 0 Å². The van der Waals surface area contributed by atoms with Crippen molar-refractivity contribution in [2.75, 3.05) is 5.06 Å². The van der Waals surface area contributed by atoms with Gasteiger partial charge in [-0.3, -0.25) is 0 Å². The van der Waals surface area contributed by atoms with E-state index in [-0.39, 0.29) is 57.3 Å². The summed E-state index contributed by atoms with van der Waals surface area (Å²) in [7, 11) is 0. The minimum atomic E-state index is -0.790. The van der Waals surface area contributed by atoms with E-state index in [1.54, 1.807) is 12.1 Å². The van der Waals surface area contributed by atoms with Gasteiger partial charge in [-0.2, -0.15) is 0 Å². The average Bonchev–Trinajstić information content (AvgIpc) is 2.47. The van der Waals surface area contributed by atoms with Gasteiger partial charge in [0.05, 0.1) is 11.3 Å². The van der Waals surface area contributed by atoms with Gasteiger partial charge in [0, 0.05) is 5.69 Å². The van der Waals surface area contributed by atoms with E-state index in [1.807, 2.05) is 32.0 Å². The molecule has 0 amide bonds. The van der Waals surface area contributed by atoms with Gasteiger partial charge < -0.3 is 15.5 Å². The maximum absolute atomic E-state index is 12.7. The molecule has 2 rings (SSSR count). The Kier molecular flexibility index (Phi) is 7.10. The van der Waals surface area contributed by atoms with Crippen LogP contribution in [0.25, 0.3) is 0 Å². The average molecular weight is 312 g/mol. The molecule has 0 aromatic heterocycles. The number of allylic oxidation sites excluding steroid dienone is 1. The van der Waals surface area contributed by atoms with Gasteiger partial charge in [0.1, 0.15) is 0 Å². The van der Waals surface area contributed by atoms with Crippen molar-refractivity contribution in [3.8, 4) is 0 Å². The molecule has 5 heteroatoms. The van der Waals surface area contributed by atoms with Crippen molar-refractivity contribution in [2.45, 2.75) is 38.6 Å². The SMILES string of the molecule is C=C(C)[C@@H]1CC[C@](C)(N([O-])c2ccccc2)/C(=N/O)C1.[K+]. The predicted octanol–water partition coefficient (Wildman–Crippen LogP) is 0.960. The maximum Gasteiger partial charge on any atom is 1.00 e. The van der Waals surface area contributed by atoms with Crippen molar-refractivity contribution < 1.29 is 56.6 Å². The minimum Gasteiger partial charge on any atom is -0.758 e. The fourth-order valence-electron chi connectivity index (χ4n) is 2.79. The first-order valence-electron chi connectivity index (χ1n) is 6.88. The standard InChI is InChI=1S/C16H21N2O2.K/c1-12(2)13-9-10-16(3,15(11-13)17-19)18(20)14-7-5-4-6-8-14;/h4-8,13,19H,1,9-11H2,2-3H3;/q-1;+1/b17-15+;/t13-,16+;/m1./s1. The van der Waals surface area contributed by atoms with Crippen molar-refractivity contribution in [2.24, 2.45) is 11.1 Å². The van der Waals surface area contributed by atoms with Crippen LogP contribution in [0.2, 0.25) is 0 Å². The third-order valence-electron chi connectivity index (χ3n) is 4.30. The van der Waals surface area contributed by atoms with Gasteiger partial charge in [-0.25, -0.2) is 0 Å². The van der Waals surface area contributed by atoms with Crippen molar-refractivity contribution in [1.82, 2.24) is 0 Å². The van der Waals surface area contributed by atoms with E-state index >= 15 is 0 Å². The summed E-state index contributed by atoms with van der Waals surface area (Å²) < 4.78 is 0. The zero-order valence-electron chi connectivity index (χ0n) is 13.0. The largest absolute Gasteiger partial charge is 1.00 e. The van der Waals surface area contributed by atoms with Crippen LogP contribution in [0.5, 0.6) is 0 Å². The third-order valence-corrected chi connectivity index (χ3v) is 4.30. The molecule has 1 saturated carbocycles. The summed E-state index contributed by atoms with van der Waals surface area (Å²) in [5, 5.41) is 26.4. The second-order valence-electron chi connectivity index (χ2n) is 5.74. The van der Waals surface area contributed by atoms with E-state index < -0.39 is 5.54 Å². The van der Waals surface area contributed by atoms with E-state index in [0.717, 1.165) is 17.1 Å². The number of anilines is 1. The normalized spacial score (nSPS) is 27.0. The molecule has 0 bridgehead atoms. The molecule has 1 aromatic rings. The molecule has 0 saturated heterocycles. The molecule has 1 N–H and O–H groups in total. The Hall–Kier alpha value is -0.174. The number of rotatable bonds is 3. The van der Waals surface area contributed by atoms with Gasteiger partial charge in [0.25, 0.3) is 0 Å². The van der Waals surface area contributed by atoms with Gasteiger partial charge >= 0.3 is 51.4 Å². The summed E-state index contributed by atoms with van der Waals surface area (Å²) in [6.07, 6.45) is 2.13. The van der Waals surface area contributed by atoms with Crippen LogP contribution in [0, 0.1) is 11.1 Å². The molecule has 21 heavy (non-hydrogen) atoms. The Morgan fingerprint density at radius 2 is 2.05 bits per heavy atom. The van der Waals surface area contributed by atoms with Crippen LogP contribution >= 0.6 is 0 Å². The van der Waals surface area contributed by atoms with Gasteiger partial charge in [0.2, 0.25) is 0 Å². The van der Waals surface area contributed by atoms with E-state index in [4.69, 9.17) is 0 Å². The van der Waals surface area contributed by atoms with Crippen molar-refractivity contribution >= 4 is 11.4 Å².